The molecule has 2 heterocycles. The number of hydrogen-bond acceptors (Lipinski definition) is 3. The first-order valence-electron chi connectivity index (χ1n) is 4.18. The van der Waals surface area contributed by atoms with Gasteiger partial charge in [-0.1, -0.05) is 6.92 Å². The van der Waals surface area contributed by atoms with Crippen LogP contribution >= 0.6 is 11.3 Å². The van der Waals surface area contributed by atoms with Gasteiger partial charge in [0, 0.05) is 11.1 Å². The predicted molar refractivity (Wildman–Crippen MR) is 52.6 cm³/mol. The molecule has 0 aliphatic rings. The van der Waals surface area contributed by atoms with Crippen LogP contribution in [0.2, 0.25) is 0 Å². The second-order valence-electron chi connectivity index (χ2n) is 2.90. The number of fused-ring (bicyclic) bond motifs is 1. The lowest BCUT2D eigenvalue weighted by Crippen LogP contribution is -1.88. The van der Waals surface area contributed by atoms with Crippen molar-refractivity contribution in [1.29, 1.82) is 0 Å². The highest BCUT2D eigenvalue weighted by Crippen LogP contribution is 2.20. The van der Waals surface area contributed by atoms with Crippen LogP contribution in [-0.2, 0) is 6.42 Å². The summed E-state index contributed by atoms with van der Waals surface area (Å²) >= 11 is 1.64. The third-order valence-corrected chi connectivity index (χ3v) is 3.18. The van der Waals surface area contributed by atoms with Crippen LogP contribution in [0.25, 0.3) is 4.96 Å². The van der Waals surface area contributed by atoms with Crippen molar-refractivity contribution in [2.75, 3.05) is 0 Å². The molecule has 0 radical (unpaired) electrons. The third kappa shape index (κ3) is 1.18. The summed E-state index contributed by atoms with van der Waals surface area (Å²) in [4.78, 5) is 17.2. The lowest BCUT2D eigenvalue weighted by molar-refractivity contribution is 0.111. The van der Waals surface area contributed by atoms with E-state index in [2.05, 4.69) is 11.9 Å². The molecule has 0 aliphatic carbocycles. The minimum Gasteiger partial charge on any atom is -0.296 e. The van der Waals surface area contributed by atoms with Gasteiger partial charge in [0.1, 0.15) is 5.69 Å². The Kier molecular flexibility index (Phi) is 1.92. The Morgan fingerprint density at radius 2 is 2.46 bits per heavy atom. The normalized spacial score (nSPS) is 10.9. The van der Waals surface area contributed by atoms with E-state index in [1.807, 2.05) is 17.5 Å². The third-order valence-electron chi connectivity index (χ3n) is 2.06. The number of aldehydes is 1. The monoisotopic (exact) mass is 194 g/mol. The maximum absolute atomic E-state index is 10.7. The van der Waals surface area contributed by atoms with Crippen molar-refractivity contribution < 1.29 is 4.79 Å². The summed E-state index contributed by atoms with van der Waals surface area (Å²) < 4.78 is 1.87. The molecule has 0 bridgehead atoms. The van der Waals surface area contributed by atoms with Crippen LogP contribution < -0.4 is 0 Å². The molecule has 0 atom stereocenters. The number of thiazole rings is 1. The van der Waals surface area contributed by atoms with Crippen molar-refractivity contribution in [3.8, 4) is 0 Å². The fourth-order valence-electron chi connectivity index (χ4n) is 1.32. The minimum atomic E-state index is 0.672. The Labute approximate surface area is 80.0 Å². The lowest BCUT2D eigenvalue weighted by atomic mass is 10.4. The molecule has 0 saturated heterocycles. The van der Waals surface area contributed by atoms with Crippen LogP contribution in [0, 0.1) is 6.92 Å². The summed E-state index contributed by atoms with van der Waals surface area (Å²) in [6, 6.07) is 0. The maximum atomic E-state index is 10.7. The summed E-state index contributed by atoms with van der Waals surface area (Å²) in [5, 5.41) is 0. The van der Waals surface area contributed by atoms with E-state index in [0.717, 1.165) is 23.4 Å². The van der Waals surface area contributed by atoms with Crippen LogP contribution in [0.1, 0.15) is 28.0 Å². The van der Waals surface area contributed by atoms with Gasteiger partial charge in [0.2, 0.25) is 0 Å². The van der Waals surface area contributed by atoms with Crippen LogP contribution in [0.3, 0.4) is 0 Å². The van der Waals surface area contributed by atoms with Crippen molar-refractivity contribution in [3.05, 3.63) is 22.5 Å². The Balaban J connectivity index is 2.73. The molecule has 2 aromatic heterocycles. The Bertz CT molecular complexity index is 455. The van der Waals surface area contributed by atoms with Crippen LogP contribution in [-0.4, -0.2) is 15.7 Å². The molecular formula is C9H10N2OS. The predicted octanol–water partition coefficient (Wildman–Crippen LogP) is 2.08. The van der Waals surface area contributed by atoms with Gasteiger partial charge in [-0.2, -0.15) is 0 Å². The van der Waals surface area contributed by atoms with Gasteiger partial charge in [0.15, 0.2) is 11.2 Å². The van der Waals surface area contributed by atoms with Gasteiger partial charge in [-0.25, -0.2) is 4.98 Å². The molecule has 0 spiro atoms. The fourth-order valence-corrected chi connectivity index (χ4v) is 2.29. The molecule has 0 aliphatic heterocycles. The Morgan fingerprint density at radius 1 is 1.69 bits per heavy atom. The van der Waals surface area contributed by atoms with Crippen molar-refractivity contribution in [3.63, 3.8) is 0 Å². The quantitative estimate of drug-likeness (QED) is 0.686. The van der Waals surface area contributed by atoms with Gasteiger partial charge >= 0.3 is 0 Å². The van der Waals surface area contributed by atoms with E-state index in [4.69, 9.17) is 0 Å². The van der Waals surface area contributed by atoms with E-state index in [9.17, 15) is 4.79 Å². The molecule has 0 amide bonds. The molecule has 0 fully saturated rings. The molecule has 0 saturated carbocycles. The van der Waals surface area contributed by atoms with Crippen LogP contribution in [0.5, 0.6) is 0 Å². The number of aryl methyl sites for hydroxylation is 2. The van der Waals surface area contributed by atoms with E-state index in [0.29, 0.717) is 5.69 Å². The van der Waals surface area contributed by atoms with Gasteiger partial charge in [0.05, 0.1) is 5.69 Å². The first-order chi connectivity index (χ1) is 6.26. The largest absolute Gasteiger partial charge is 0.296 e. The Morgan fingerprint density at radius 3 is 3.08 bits per heavy atom. The molecule has 0 N–H and O–H groups in total. The highest BCUT2D eigenvalue weighted by molar-refractivity contribution is 7.17. The summed E-state index contributed by atoms with van der Waals surface area (Å²) in [5.41, 5.74) is 1.48. The number of imidazole rings is 1. The zero-order valence-corrected chi connectivity index (χ0v) is 8.39. The summed E-state index contributed by atoms with van der Waals surface area (Å²) in [5.74, 6) is 0. The number of nitrogens with zero attached hydrogens (tertiary/aromatic N) is 2. The second kappa shape index (κ2) is 2.96. The summed E-state index contributed by atoms with van der Waals surface area (Å²) in [6.07, 6.45) is 3.84. The number of aromatic nitrogens is 2. The van der Waals surface area contributed by atoms with Gasteiger partial charge in [0.25, 0.3) is 0 Å². The molecule has 0 unspecified atom stereocenters. The van der Waals surface area contributed by atoms with Crippen molar-refractivity contribution >= 4 is 22.6 Å². The second-order valence-corrected chi connectivity index (χ2v) is 4.00. The average molecular weight is 194 g/mol. The zero-order chi connectivity index (χ0) is 9.42. The number of carbonyl (C=O) groups excluding carboxylic acids is 1. The lowest BCUT2D eigenvalue weighted by Gasteiger charge is -1.87. The first kappa shape index (κ1) is 8.44. The molecule has 2 rings (SSSR count). The van der Waals surface area contributed by atoms with E-state index >= 15 is 0 Å². The molecule has 2 aromatic rings. The molecular weight excluding hydrogens is 184 g/mol. The smallest absolute Gasteiger partial charge is 0.194 e. The number of carbonyl (C=O) groups is 1. The van der Waals surface area contributed by atoms with Gasteiger partial charge < -0.3 is 0 Å². The van der Waals surface area contributed by atoms with Crippen molar-refractivity contribution in [1.82, 2.24) is 9.38 Å². The number of rotatable bonds is 2. The van der Waals surface area contributed by atoms with E-state index in [1.54, 1.807) is 11.3 Å². The van der Waals surface area contributed by atoms with Crippen molar-refractivity contribution in [2.24, 2.45) is 0 Å². The van der Waals surface area contributed by atoms with E-state index in [-0.39, 0.29) is 0 Å². The average Bonchev–Trinajstić information content (AvgIpc) is 2.60. The highest BCUT2D eigenvalue weighted by Gasteiger charge is 2.09. The standard InChI is InChI=1S/C9H10N2OS/c1-3-7-4-11-8(5-12)6(2)10-9(11)13-7/h4-5H,3H2,1-2H3. The minimum absolute atomic E-state index is 0.672. The van der Waals surface area contributed by atoms with Gasteiger partial charge in [-0.15, -0.1) is 11.3 Å². The number of hydrogen-bond donors (Lipinski definition) is 0. The topological polar surface area (TPSA) is 34.4 Å². The van der Waals surface area contributed by atoms with Crippen LogP contribution in [0.4, 0.5) is 0 Å². The summed E-state index contributed by atoms with van der Waals surface area (Å²) in [7, 11) is 0. The fraction of sp³-hybridized carbons (Fsp3) is 0.333. The Hall–Kier alpha value is -1.16. The highest BCUT2D eigenvalue weighted by atomic mass is 32.1. The van der Waals surface area contributed by atoms with E-state index < -0.39 is 0 Å². The SMILES string of the molecule is CCc1cn2c(C=O)c(C)nc2s1. The summed E-state index contributed by atoms with van der Waals surface area (Å²) in [6.45, 7) is 3.95. The molecule has 0 aromatic carbocycles. The van der Waals surface area contributed by atoms with E-state index in [1.165, 1.54) is 4.88 Å². The van der Waals surface area contributed by atoms with Crippen LogP contribution in [0.15, 0.2) is 6.20 Å². The molecule has 68 valence electrons. The molecule has 4 heteroatoms. The maximum Gasteiger partial charge on any atom is 0.194 e. The molecule has 3 nitrogen and oxygen atoms in total. The molecule has 13 heavy (non-hydrogen) atoms. The van der Waals surface area contributed by atoms with Gasteiger partial charge in [-0.05, 0) is 13.3 Å². The zero-order valence-electron chi connectivity index (χ0n) is 7.57. The first-order valence-corrected chi connectivity index (χ1v) is 5.00. The van der Waals surface area contributed by atoms with Crippen molar-refractivity contribution in [2.45, 2.75) is 20.3 Å². The van der Waals surface area contributed by atoms with Gasteiger partial charge in [-0.3, -0.25) is 9.20 Å².